The van der Waals surface area contributed by atoms with Crippen molar-refractivity contribution in [2.75, 3.05) is 70.8 Å². The first kappa shape index (κ1) is 32.3. The molecule has 5 aromatic rings. The SMILES string of the molecule is CN(C)c1ccc(-c2nc3c4ccccc4c4ccccc4c3n2CCCCC[N+](C)(C)CC(=O)N2CCSCC2)cc1.[Br-]. The number of carbonyl (C=O) groups is 1. The summed E-state index contributed by atoms with van der Waals surface area (Å²) >= 11 is 1.95. The third kappa shape index (κ3) is 6.77. The van der Waals surface area contributed by atoms with Gasteiger partial charge in [-0.2, -0.15) is 11.8 Å². The van der Waals surface area contributed by atoms with Crippen molar-refractivity contribution in [3.8, 4) is 11.4 Å². The fourth-order valence-corrected chi connectivity index (χ4v) is 7.36. The molecular weight excluding hydrogens is 630 g/mol. The van der Waals surface area contributed by atoms with Gasteiger partial charge in [0.25, 0.3) is 5.91 Å². The topological polar surface area (TPSA) is 41.4 Å². The number of nitrogens with zero attached hydrogens (tertiary/aromatic N) is 5. The van der Waals surface area contributed by atoms with Gasteiger partial charge in [-0.05, 0) is 54.3 Å². The summed E-state index contributed by atoms with van der Waals surface area (Å²) in [6, 6.07) is 26.2. The first-order valence-corrected chi connectivity index (χ1v) is 16.7. The van der Waals surface area contributed by atoms with Crippen LogP contribution in [-0.4, -0.2) is 90.7 Å². The molecule has 4 aromatic carbocycles. The minimum absolute atomic E-state index is 0. The lowest BCUT2D eigenvalue weighted by Gasteiger charge is -2.33. The molecule has 232 valence electrons. The number of fused-ring (bicyclic) bond motifs is 6. The maximum Gasteiger partial charge on any atom is 0.277 e. The number of rotatable bonds is 10. The highest BCUT2D eigenvalue weighted by atomic mass is 79.9. The quantitative estimate of drug-likeness (QED) is 0.128. The molecule has 1 saturated heterocycles. The molecule has 0 spiro atoms. The van der Waals surface area contributed by atoms with Gasteiger partial charge in [-0.15, -0.1) is 0 Å². The van der Waals surface area contributed by atoms with E-state index in [1.807, 2.05) is 11.8 Å². The van der Waals surface area contributed by atoms with Gasteiger partial charge in [-0.3, -0.25) is 4.79 Å². The molecule has 6 nitrogen and oxygen atoms in total. The summed E-state index contributed by atoms with van der Waals surface area (Å²) in [7, 11) is 8.55. The Labute approximate surface area is 276 Å². The molecule has 0 bridgehead atoms. The predicted octanol–water partition coefficient (Wildman–Crippen LogP) is 3.90. The largest absolute Gasteiger partial charge is 1.00 e. The number of hydrogen-bond acceptors (Lipinski definition) is 4. The zero-order valence-electron chi connectivity index (χ0n) is 26.4. The Bertz CT molecular complexity index is 1740. The van der Waals surface area contributed by atoms with Gasteiger partial charge in [0.2, 0.25) is 0 Å². The molecule has 1 aliphatic heterocycles. The van der Waals surface area contributed by atoms with Gasteiger partial charge < -0.3 is 35.8 Å². The van der Waals surface area contributed by atoms with Gasteiger partial charge in [0, 0.05) is 67.3 Å². The van der Waals surface area contributed by atoms with Gasteiger partial charge in [0.1, 0.15) is 5.82 Å². The van der Waals surface area contributed by atoms with Gasteiger partial charge >= 0.3 is 0 Å². The fourth-order valence-electron chi connectivity index (χ4n) is 6.45. The number of benzene rings is 4. The standard InChI is InChI=1S/C36H44N5OS.BrH/c1-38(2)28-18-16-27(17-19-28)36-37-34-31-14-8-6-12-29(31)30-13-7-9-15-32(30)35(34)40(36)20-10-5-11-23-41(3,4)26-33(42)39-21-24-43-25-22-39;/h6-9,12-19H,5,10-11,20-26H2,1-4H3;1H/q+1;/p-1. The second-order valence-corrected chi connectivity index (χ2v) is 13.9. The number of thioether (sulfide) groups is 1. The number of quaternary nitrogens is 1. The lowest BCUT2D eigenvalue weighted by molar-refractivity contribution is -0.883. The van der Waals surface area contributed by atoms with Gasteiger partial charge in [-0.25, -0.2) is 4.98 Å². The van der Waals surface area contributed by atoms with E-state index >= 15 is 0 Å². The number of imidazole rings is 1. The Morgan fingerprint density at radius 3 is 2.11 bits per heavy atom. The average Bonchev–Trinajstić information content (AvgIpc) is 3.41. The van der Waals surface area contributed by atoms with Crippen molar-refractivity contribution in [2.24, 2.45) is 0 Å². The van der Waals surface area contributed by atoms with Crippen LogP contribution in [0.1, 0.15) is 19.3 Å². The molecule has 1 aliphatic rings. The summed E-state index contributed by atoms with van der Waals surface area (Å²) in [6.07, 6.45) is 3.27. The molecule has 0 atom stereocenters. The number of aromatic nitrogens is 2. The second-order valence-electron chi connectivity index (χ2n) is 12.7. The van der Waals surface area contributed by atoms with E-state index in [1.165, 1.54) is 32.7 Å². The normalized spacial score (nSPS) is 13.9. The van der Waals surface area contributed by atoms with Gasteiger partial charge in [-0.1, -0.05) is 48.5 Å². The molecule has 0 N–H and O–H groups in total. The number of anilines is 1. The van der Waals surface area contributed by atoms with Crippen LogP contribution in [0.2, 0.25) is 0 Å². The van der Waals surface area contributed by atoms with Crippen LogP contribution >= 0.6 is 11.8 Å². The van der Waals surface area contributed by atoms with Crippen LogP contribution in [0.5, 0.6) is 0 Å². The summed E-state index contributed by atoms with van der Waals surface area (Å²) in [5.74, 6) is 3.46. The lowest BCUT2D eigenvalue weighted by atomic mass is 10.00. The lowest BCUT2D eigenvalue weighted by Crippen LogP contribution is -3.00. The van der Waals surface area contributed by atoms with Gasteiger partial charge in [0.05, 0.1) is 31.7 Å². The van der Waals surface area contributed by atoms with E-state index in [4.69, 9.17) is 4.98 Å². The molecule has 0 radical (unpaired) electrons. The number of carbonyl (C=O) groups excluding carboxylic acids is 1. The number of unbranched alkanes of at least 4 members (excludes halogenated alkanes) is 2. The Balaban J connectivity index is 0.00000384. The predicted molar refractivity (Wildman–Crippen MR) is 184 cm³/mol. The van der Waals surface area contributed by atoms with Crippen LogP contribution in [-0.2, 0) is 11.3 Å². The fraction of sp³-hybridized carbons (Fsp3) is 0.389. The Morgan fingerprint density at radius 1 is 0.841 bits per heavy atom. The maximum atomic E-state index is 12.9. The van der Waals surface area contributed by atoms with Crippen LogP contribution < -0.4 is 21.9 Å². The number of aryl methyl sites for hydroxylation is 1. The van der Waals surface area contributed by atoms with E-state index in [2.05, 4.69) is 115 Å². The summed E-state index contributed by atoms with van der Waals surface area (Å²) in [5, 5.41) is 4.99. The van der Waals surface area contributed by atoms with Crippen LogP contribution in [0.3, 0.4) is 0 Å². The maximum absolute atomic E-state index is 12.9. The summed E-state index contributed by atoms with van der Waals surface area (Å²) in [6.45, 7) is 4.29. The minimum Gasteiger partial charge on any atom is -1.00 e. The van der Waals surface area contributed by atoms with Crippen molar-refractivity contribution in [1.82, 2.24) is 14.5 Å². The molecule has 1 amide bonds. The Hall–Kier alpha value is -3.07. The first-order valence-electron chi connectivity index (χ1n) is 15.6. The molecule has 44 heavy (non-hydrogen) atoms. The molecular formula is C36H44BrN5OS. The number of amides is 1. The van der Waals surface area contributed by atoms with E-state index < -0.39 is 0 Å². The Morgan fingerprint density at radius 2 is 1.45 bits per heavy atom. The summed E-state index contributed by atoms with van der Waals surface area (Å²) in [5.41, 5.74) is 4.62. The van der Waals surface area contributed by atoms with Crippen molar-refractivity contribution < 1.29 is 26.3 Å². The van der Waals surface area contributed by atoms with Crippen LogP contribution in [0.25, 0.3) is 44.0 Å². The zero-order valence-corrected chi connectivity index (χ0v) is 28.8. The van der Waals surface area contributed by atoms with E-state index in [-0.39, 0.29) is 17.0 Å². The highest BCUT2D eigenvalue weighted by molar-refractivity contribution is 7.99. The number of likely N-dealkylation sites (N-methyl/N-ethyl adjacent to an activating group) is 1. The monoisotopic (exact) mass is 673 g/mol. The molecule has 2 heterocycles. The van der Waals surface area contributed by atoms with Crippen LogP contribution in [0.4, 0.5) is 5.69 Å². The van der Waals surface area contributed by atoms with Crippen LogP contribution in [0, 0.1) is 0 Å². The van der Waals surface area contributed by atoms with E-state index in [0.717, 1.165) is 78.3 Å². The van der Waals surface area contributed by atoms with E-state index in [1.54, 1.807) is 0 Å². The smallest absolute Gasteiger partial charge is 0.277 e. The highest BCUT2D eigenvalue weighted by Gasteiger charge is 2.25. The zero-order chi connectivity index (χ0) is 30.0. The summed E-state index contributed by atoms with van der Waals surface area (Å²) in [4.78, 5) is 22.4. The number of hydrogen-bond donors (Lipinski definition) is 0. The van der Waals surface area contributed by atoms with E-state index in [0.29, 0.717) is 12.5 Å². The molecule has 1 aromatic heterocycles. The third-order valence-electron chi connectivity index (χ3n) is 8.84. The third-order valence-corrected chi connectivity index (χ3v) is 9.78. The van der Waals surface area contributed by atoms with E-state index in [9.17, 15) is 4.79 Å². The van der Waals surface area contributed by atoms with Gasteiger partial charge in [0.15, 0.2) is 6.54 Å². The number of halogens is 1. The molecule has 6 rings (SSSR count). The molecule has 0 aliphatic carbocycles. The average molecular weight is 675 g/mol. The van der Waals surface area contributed by atoms with Crippen molar-refractivity contribution in [2.45, 2.75) is 25.8 Å². The van der Waals surface area contributed by atoms with Crippen molar-refractivity contribution >= 4 is 55.9 Å². The van der Waals surface area contributed by atoms with Crippen molar-refractivity contribution in [3.05, 3.63) is 72.8 Å². The Kier molecular flexibility index (Phi) is 10.2. The summed E-state index contributed by atoms with van der Waals surface area (Å²) < 4.78 is 3.21. The highest BCUT2D eigenvalue weighted by Crippen LogP contribution is 2.37. The molecule has 0 unspecified atom stereocenters. The van der Waals surface area contributed by atoms with Crippen LogP contribution in [0.15, 0.2) is 72.8 Å². The molecule has 1 fully saturated rings. The second kappa shape index (κ2) is 13.9. The molecule has 0 saturated carbocycles. The van der Waals surface area contributed by atoms with Crippen molar-refractivity contribution in [3.63, 3.8) is 0 Å². The first-order chi connectivity index (χ1) is 20.8. The van der Waals surface area contributed by atoms with Crippen molar-refractivity contribution in [1.29, 1.82) is 0 Å². The minimum atomic E-state index is 0. The molecule has 8 heteroatoms.